The van der Waals surface area contributed by atoms with Gasteiger partial charge in [0.15, 0.2) is 0 Å². The van der Waals surface area contributed by atoms with E-state index in [2.05, 4.69) is 46.6 Å². The molecule has 1 radical (unpaired) electrons. The molecule has 0 heterocycles. The van der Waals surface area contributed by atoms with Crippen LogP contribution in [0.25, 0.3) is 0 Å². The van der Waals surface area contributed by atoms with Crippen molar-refractivity contribution < 1.29 is 27.1 Å². The summed E-state index contributed by atoms with van der Waals surface area (Å²) < 4.78 is 5.70. The summed E-state index contributed by atoms with van der Waals surface area (Å²) in [6.45, 7) is 1.60. The van der Waals surface area contributed by atoms with Crippen LogP contribution in [-0.2, 0) is 33.7 Å². The molecule has 0 aromatic heterocycles. The molecule has 0 aliphatic heterocycles. The molecule has 2 unspecified atom stereocenters. The topological polar surface area (TPSA) is 9.23 Å². The molecule has 1 aromatic carbocycles. The van der Waals surface area contributed by atoms with E-state index < -0.39 is 0 Å². The van der Waals surface area contributed by atoms with Crippen LogP contribution in [0.1, 0.15) is 12.0 Å². The van der Waals surface area contributed by atoms with Gasteiger partial charge in [-0.1, -0.05) is 52.2 Å². The van der Waals surface area contributed by atoms with Crippen molar-refractivity contribution in [3.8, 4) is 0 Å². The van der Waals surface area contributed by atoms with Crippen molar-refractivity contribution in [3.63, 3.8) is 0 Å². The summed E-state index contributed by atoms with van der Waals surface area (Å²) in [7, 11) is 0. The first-order chi connectivity index (χ1) is 7.40. The molecule has 0 saturated heterocycles. The second-order valence-electron chi connectivity index (χ2n) is 4.05. The summed E-state index contributed by atoms with van der Waals surface area (Å²) in [4.78, 5) is 0. The summed E-state index contributed by atoms with van der Waals surface area (Å²) in [5.74, 6) is 1.45. The third kappa shape index (κ3) is 4.01. The first-order valence-electron chi connectivity index (χ1n) is 5.41. The van der Waals surface area contributed by atoms with E-state index in [-0.39, 0.29) is 22.4 Å². The smallest absolute Gasteiger partial charge is 0.0715 e. The number of rotatable bonds is 5. The molecule has 2 rings (SSSR count). The molecule has 0 amide bonds. The first-order valence-corrected chi connectivity index (χ1v) is 6.53. The fraction of sp³-hybridized carbons (Fsp3) is 0.462. The van der Waals surface area contributed by atoms with Gasteiger partial charge < -0.3 is 11.2 Å². The minimum Gasteiger partial charge on any atom is -0.379 e. The summed E-state index contributed by atoms with van der Waals surface area (Å²) >= 11 is 3.53. The standard InChI is InChI=1S/C13H16BrO.Ta/c14-8-12-6-7-13(12)10-15-9-11-4-2-1-3-5-11;/h1-5,7,12-13H,6,8-10H2;/q-1;. The average molecular weight is 449 g/mol. The van der Waals surface area contributed by atoms with Crippen LogP contribution in [0.2, 0.25) is 0 Å². The summed E-state index contributed by atoms with van der Waals surface area (Å²) in [5, 5.41) is 1.10. The molecule has 0 spiro atoms. The number of ether oxygens (including phenoxy) is 1. The zero-order valence-electron chi connectivity index (χ0n) is 9.18. The second kappa shape index (κ2) is 7.67. The predicted octanol–water partition coefficient (Wildman–Crippen LogP) is 3.44. The molecule has 0 N–H and O–H groups in total. The summed E-state index contributed by atoms with van der Waals surface area (Å²) in [6.07, 6.45) is 3.60. The van der Waals surface area contributed by atoms with Crippen molar-refractivity contribution in [1.29, 1.82) is 0 Å². The molecular weight excluding hydrogens is 433 g/mol. The van der Waals surface area contributed by atoms with E-state index in [1.807, 2.05) is 6.07 Å². The summed E-state index contributed by atoms with van der Waals surface area (Å²) in [5.41, 5.74) is 1.26. The Morgan fingerprint density at radius 1 is 1.31 bits per heavy atom. The minimum atomic E-state index is 0. The maximum atomic E-state index is 5.70. The van der Waals surface area contributed by atoms with Gasteiger partial charge in [-0.15, -0.1) is 5.92 Å². The van der Waals surface area contributed by atoms with Crippen LogP contribution in [0.3, 0.4) is 0 Å². The minimum absolute atomic E-state index is 0. The Balaban J connectivity index is 0.00000128. The van der Waals surface area contributed by atoms with Crippen LogP contribution in [0.5, 0.6) is 0 Å². The van der Waals surface area contributed by atoms with Crippen LogP contribution in [0.15, 0.2) is 30.3 Å². The Bertz CT molecular complexity index is 289. The van der Waals surface area contributed by atoms with E-state index in [4.69, 9.17) is 4.74 Å². The number of benzene rings is 1. The monoisotopic (exact) mass is 448 g/mol. The first kappa shape index (κ1) is 14.5. The van der Waals surface area contributed by atoms with Gasteiger partial charge in [0.05, 0.1) is 6.61 Å². The SMILES string of the molecule is BrCC1C[CH-]C1COCc1ccccc1.[Ta]. The van der Waals surface area contributed by atoms with E-state index >= 15 is 0 Å². The third-order valence-corrected chi connectivity index (χ3v) is 3.80. The Morgan fingerprint density at radius 3 is 2.62 bits per heavy atom. The Hall–Kier alpha value is 0.400. The molecule has 16 heavy (non-hydrogen) atoms. The van der Waals surface area contributed by atoms with E-state index in [9.17, 15) is 0 Å². The Kier molecular flexibility index (Phi) is 6.94. The number of hydrogen-bond donors (Lipinski definition) is 0. The van der Waals surface area contributed by atoms with Crippen LogP contribution >= 0.6 is 15.9 Å². The van der Waals surface area contributed by atoms with Gasteiger partial charge in [0, 0.05) is 34.3 Å². The van der Waals surface area contributed by atoms with Gasteiger partial charge in [-0.05, 0) is 5.56 Å². The van der Waals surface area contributed by atoms with Gasteiger partial charge in [-0.3, -0.25) is 0 Å². The van der Waals surface area contributed by atoms with Crippen LogP contribution < -0.4 is 0 Å². The second-order valence-corrected chi connectivity index (χ2v) is 4.70. The van der Waals surface area contributed by atoms with Crippen molar-refractivity contribution in [2.75, 3.05) is 11.9 Å². The molecule has 1 saturated carbocycles. The fourth-order valence-electron chi connectivity index (χ4n) is 1.79. The van der Waals surface area contributed by atoms with E-state index in [1.165, 1.54) is 12.0 Å². The van der Waals surface area contributed by atoms with Gasteiger partial charge in [0.1, 0.15) is 0 Å². The molecule has 2 atom stereocenters. The number of halogens is 1. The maximum Gasteiger partial charge on any atom is 0.0715 e. The van der Waals surface area contributed by atoms with Gasteiger partial charge in [-0.2, -0.15) is 6.42 Å². The number of alkyl halides is 1. The van der Waals surface area contributed by atoms with Gasteiger partial charge in [0.25, 0.3) is 0 Å². The molecule has 1 fully saturated rings. The van der Waals surface area contributed by atoms with Gasteiger partial charge >= 0.3 is 0 Å². The van der Waals surface area contributed by atoms with Gasteiger partial charge in [-0.25, -0.2) is 0 Å². The molecule has 3 heteroatoms. The Labute approximate surface area is 122 Å². The fourth-order valence-corrected chi connectivity index (χ4v) is 2.53. The largest absolute Gasteiger partial charge is 0.379 e. The third-order valence-electron chi connectivity index (χ3n) is 2.97. The zero-order chi connectivity index (χ0) is 10.5. The molecule has 1 aliphatic carbocycles. The van der Waals surface area contributed by atoms with Crippen molar-refractivity contribution in [1.82, 2.24) is 0 Å². The normalized spacial score (nSPS) is 23.3. The molecule has 1 aliphatic rings. The van der Waals surface area contributed by atoms with Crippen molar-refractivity contribution in [2.24, 2.45) is 11.8 Å². The van der Waals surface area contributed by atoms with Crippen molar-refractivity contribution in [2.45, 2.75) is 13.0 Å². The maximum absolute atomic E-state index is 5.70. The number of hydrogen-bond acceptors (Lipinski definition) is 1. The van der Waals surface area contributed by atoms with E-state index in [0.29, 0.717) is 5.92 Å². The van der Waals surface area contributed by atoms with Crippen LogP contribution in [0.4, 0.5) is 0 Å². The average Bonchev–Trinajstić information content (AvgIpc) is 2.25. The van der Waals surface area contributed by atoms with E-state index in [0.717, 1.165) is 24.5 Å². The quantitative estimate of drug-likeness (QED) is 0.495. The van der Waals surface area contributed by atoms with E-state index in [1.54, 1.807) is 0 Å². The zero-order valence-corrected chi connectivity index (χ0v) is 14.0. The van der Waals surface area contributed by atoms with Crippen molar-refractivity contribution >= 4 is 15.9 Å². The Morgan fingerprint density at radius 2 is 2.06 bits per heavy atom. The molecule has 1 nitrogen and oxygen atoms in total. The van der Waals surface area contributed by atoms with Crippen molar-refractivity contribution in [3.05, 3.63) is 42.3 Å². The summed E-state index contributed by atoms with van der Waals surface area (Å²) in [6, 6.07) is 10.3. The molecule has 87 valence electrons. The molecule has 1 aromatic rings. The predicted molar refractivity (Wildman–Crippen MR) is 65.8 cm³/mol. The van der Waals surface area contributed by atoms with Crippen LogP contribution in [0, 0.1) is 18.3 Å². The molecule has 0 bridgehead atoms. The van der Waals surface area contributed by atoms with Gasteiger partial charge in [0.2, 0.25) is 0 Å². The van der Waals surface area contributed by atoms with Crippen LogP contribution in [-0.4, -0.2) is 11.9 Å². The molecular formula is C13H16BrOTa-.